The minimum Gasteiger partial charge on any atom is -0.464 e. The molecule has 0 saturated heterocycles. The zero-order valence-electron chi connectivity index (χ0n) is 10.8. The summed E-state index contributed by atoms with van der Waals surface area (Å²) < 4.78 is 5.60. The van der Waals surface area contributed by atoms with E-state index < -0.39 is 0 Å². The van der Waals surface area contributed by atoms with Crippen LogP contribution in [0.15, 0.2) is 59.2 Å². The van der Waals surface area contributed by atoms with Crippen LogP contribution in [0.5, 0.6) is 0 Å². The summed E-state index contributed by atoms with van der Waals surface area (Å²) in [4.78, 5) is 0. The van der Waals surface area contributed by atoms with Crippen molar-refractivity contribution < 1.29 is 4.42 Å². The fraction of sp³-hybridized carbons (Fsp3) is 0.125. The van der Waals surface area contributed by atoms with Gasteiger partial charge in [0, 0.05) is 10.9 Å². The van der Waals surface area contributed by atoms with Crippen molar-refractivity contribution in [1.82, 2.24) is 5.43 Å². The predicted octanol–water partition coefficient (Wildman–Crippen LogP) is 3.29. The highest BCUT2D eigenvalue weighted by atomic mass is 16.3. The van der Waals surface area contributed by atoms with Crippen molar-refractivity contribution in [1.29, 1.82) is 0 Å². The third-order valence-corrected chi connectivity index (χ3v) is 3.49. The quantitative estimate of drug-likeness (QED) is 0.555. The highest BCUT2D eigenvalue weighted by Crippen LogP contribution is 2.31. The molecular formula is C16H16N2O. The van der Waals surface area contributed by atoms with Crippen molar-refractivity contribution in [3.63, 3.8) is 0 Å². The lowest BCUT2D eigenvalue weighted by Crippen LogP contribution is -2.29. The molecule has 96 valence electrons. The van der Waals surface area contributed by atoms with Gasteiger partial charge < -0.3 is 4.42 Å². The van der Waals surface area contributed by atoms with Gasteiger partial charge in [-0.1, -0.05) is 42.5 Å². The number of benzene rings is 2. The zero-order valence-corrected chi connectivity index (χ0v) is 10.8. The fourth-order valence-corrected chi connectivity index (χ4v) is 2.48. The maximum Gasteiger partial charge on any atom is 0.134 e. The first kappa shape index (κ1) is 12.0. The first-order chi connectivity index (χ1) is 9.31. The van der Waals surface area contributed by atoms with Crippen LogP contribution in [-0.4, -0.2) is 0 Å². The summed E-state index contributed by atoms with van der Waals surface area (Å²) in [5, 5.41) is 1.09. The number of hydrogen-bond donors (Lipinski definition) is 2. The molecule has 0 bridgehead atoms. The Labute approximate surface area is 112 Å². The Morgan fingerprint density at radius 1 is 1.00 bits per heavy atom. The summed E-state index contributed by atoms with van der Waals surface area (Å²) in [5.41, 5.74) is 7.20. The van der Waals surface area contributed by atoms with Crippen LogP contribution in [0.4, 0.5) is 0 Å². The Kier molecular flexibility index (Phi) is 3.07. The number of para-hydroxylation sites is 1. The molecule has 0 aliphatic heterocycles. The minimum atomic E-state index is -0.0650. The first-order valence-electron chi connectivity index (χ1n) is 6.29. The summed E-state index contributed by atoms with van der Waals surface area (Å²) in [5.74, 6) is 5.76. The molecule has 3 N–H and O–H groups in total. The van der Waals surface area contributed by atoms with Gasteiger partial charge in [-0.15, -0.1) is 0 Å². The van der Waals surface area contributed by atoms with Gasteiger partial charge in [-0.25, -0.2) is 5.43 Å². The van der Waals surface area contributed by atoms with Crippen LogP contribution >= 0.6 is 0 Å². The molecule has 1 unspecified atom stereocenters. The van der Waals surface area contributed by atoms with Crippen molar-refractivity contribution in [2.75, 3.05) is 0 Å². The third-order valence-electron chi connectivity index (χ3n) is 3.49. The Morgan fingerprint density at radius 2 is 1.74 bits per heavy atom. The fourth-order valence-electron chi connectivity index (χ4n) is 2.48. The number of furan rings is 1. The highest BCUT2D eigenvalue weighted by Gasteiger charge is 2.18. The van der Waals surface area contributed by atoms with Crippen LogP contribution in [0, 0.1) is 6.92 Å². The van der Waals surface area contributed by atoms with E-state index in [4.69, 9.17) is 10.3 Å². The van der Waals surface area contributed by atoms with E-state index in [1.54, 1.807) is 6.26 Å². The summed E-state index contributed by atoms with van der Waals surface area (Å²) in [7, 11) is 0. The van der Waals surface area contributed by atoms with E-state index >= 15 is 0 Å². The molecule has 0 saturated carbocycles. The van der Waals surface area contributed by atoms with E-state index in [9.17, 15) is 0 Å². The molecule has 3 rings (SSSR count). The van der Waals surface area contributed by atoms with Gasteiger partial charge >= 0.3 is 0 Å². The Morgan fingerprint density at radius 3 is 2.53 bits per heavy atom. The minimum absolute atomic E-state index is 0.0650. The average Bonchev–Trinajstić information content (AvgIpc) is 2.86. The van der Waals surface area contributed by atoms with E-state index in [-0.39, 0.29) is 6.04 Å². The topological polar surface area (TPSA) is 51.2 Å². The molecule has 1 heterocycles. The molecule has 0 radical (unpaired) electrons. The summed E-state index contributed by atoms with van der Waals surface area (Å²) >= 11 is 0. The molecule has 1 atom stereocenters. The summed E-state index contributed by atoms with van der Waals surface area (Å²) in [6, 6.07) is 16.1. The predicted molar refractivity (Wildman–Crippen MR) is 76.6 cm³/mol. The molecule has 0 aliphatic rings. The average molecular weight is 252 g/mol. The molecule has 2 aromatic carbocycles. The van der Waals surface area contributed by atoms with Gasteiger partial charge in [-0.3, -0.25) is 5.84 Å². The van der Waals surface area contributed by atoms with Crippen molar-refractivity contribution in [3.8, 4) is 0 Å². The summed E-state index contributed by atoms with van der Waals surface area (Å²) in [6.45, 7) is 2.09. The van der Waals surface area contributed by atoms with Gasteiger partial charge in [-0.2, -0.15) is 0 Å². The van der Waals surface area contributed by atoms with Crippen molar-refractivity contribution in [3.05, 3.63) is 71.5 Å². The largest absolute Gasteiger partial charge is 0.464 e. The highest BCUT2D eigenvalue weighted by molar-refractivity contribution is 5.82. The number of nitrogens with one attached hydrogen (secondary N) is 1. The number of hydrazine groups is 1. The molecule has 0 spiro atoms. The number of fused-ring (bicyclic) bond motifs is 1. The second kappa shape index (κ2) is 4.88. The first-order valence-corrected chi connectivity index (χ1v) is 6.29. The monoisotopic (exact) mass is 252 g/mol. The number of hydrogen-bond acceptors (Lipinski definition) is 3. The van der Waals surface area contributed by atoms with Crippen molar-refractivity contribution in [2.45, 2.75) is 13.0 Å². The number of rotatable bonds is 3. The van der Waals surface area contributed by atoms with Crippen molar-refractivity contribution in [2.24, 2.45) is 5.84 Å². The standard InChI is InChI=1S/C16H16N2O/c1-11-6-2-3-7-12(11)16(18-17)14-10-19-15-9-5-4-8-13(14)15/h2-10,16,18H,17H2,1H3. The zero-order chi connectivity index (χ0) is 13.2. The van der Waals surface area contributed by atoms with Crippen LogP contribution in [0.3, 0.4) is 0 Å². The van der Waals surface area contributed by atoms with E-state index in [1.807, 2.05) is 30.3 Å². The van der Waals surface area contributed by atoms with Gasteiger partial charge in [0.2, 0.25) is 0 Å². The van der Waals surface area contributed by atoms with Crippen LogP contribution in [-0.2, 0) is 0 Å². The van der Waals surface area contributed by atoms with Gasteiger partial charge in [0.15, 0.2) is 0 Å². The Bertz CT molecular complexity index is 703. The smallest absolute Gasteiger partial charge is 0.134 e. The van der Waals surface area contributed by atoms with Crippen LogP contribution in [0.25, 0.3) is 11.0 Å². The second-order valence-electron chi connectivity index (χ2n) is 4.64. The van der Waals surface area contributed by atoms with Gasteiger partial charge in [0.1, 0.15) is 5.58 Å². The van der Waals surface area contributed by atoms with Crippen LogP contribution in [0.1, 0.15) is 22.7 Å². The molecule has 3 aromatic rings. The van der Waals surface area contributed by atoms with Gasteiger partial charge in [-0.05, 0) is 24.1 Å². The molecule has 0 aliphatic carbocycles. The molecule has 3 heteroatoms. The molecule has 19 heavy (non-hydrogen) atoms. The SMILES string of the molecule is Cc1ccccc1C(NN)c1coc2ccccc12. The van der Waals surface area contributed by atoms with E-state index in [0.29, 0.717) is 0 Å². The summed E-state index contributed by atoms with van der Waals surface area (Å²) in [6.07, 6.45) is 1.78. The van der Waals surface area contributed by atoms with Crippen LogP contribution < -0.4 is 11.3 Å². The van der Waals surface area contributed by atoms with Crippen LogP contribution in [0.2, 0.25) is 0 Å². The molecule has 1 aromatic heterocycles. The lowest BCUT2D eigenvalue weighted by atomic mass is 9.95. The van der Waals surface area contributed by atoms with Crippen molar-refractivity contribution >= 4 is 11.0 Å². The second-order valence-corrected chi connectivity index (χ2v) is 4.64. The molecule has 0 amide bonds. The third kappa shape index (κ3) is 2.03. The van der Waals surface area contributed by atoms with E-state index in [0.717, 1.165) is 22.1 Å². The number of nitrogens with two attached hydrogens (primary N) is 1. The molecule has 0 fully saturated rings. The maximum absolute atomic E-state index is 5.76. The molecular weight excluding hydrogens is 236 g/mol. The Hall–Kier alpha value is -2.10. The molecule has 3 nitrogen and oxygen atoms in total. The maximum atomic E-state index is 5.76. The van der Waals surface area contributed by atoms with Gasteiger partial charge in [0.25, 0.3) is 0 Å². The normalized spacial score (nSPS) is 12.7. The Balaban J connectivity index is 2.15. The number of aryl methyl sites for hydroxylation is 1. The van der Waals surface area contributed by atoms with Gasteiger partial charge in [0.05, 0.1) is 12.3 Å². The van der Waals surface area contributed by atoms with E-state index in [2.05, 4.69) is 30.5 Å². The van der Waals surface area contributed by atoms with E-state index in [1.165, 1.54) is 5.56 Å². The lowest BCUT2D eigenvalue weighted by Gasteiger charge is -2.17. The lowest BCUT2D eigenvalue weighted by molar-refractivity contribution is 0.585.